The van der Waals surface area contributed by atoms with Gasteiger partial charge >= 0.3 is 5.97 Å². The van der Waals surface area contributed by atoms with E-state index >= 15 is 0 Å². The van der Waals surface area contributed by atoms with E-state index in [2.05, 4.69) is 10.3 Å². The molecule has 0 saturated heterocycles. The summed E-state index contributed by atoms with van der Waals surface area (Å²) < 4.78 is 0.787. The Balaban J connectivity index is 2.28. The van der Waals surface area contributed by atoms with Crippen LogP contribution >= 0.6 is 22.6 Å². The number of halogens is 1. The summed E-state index contributed by atoms with van der Waals surface area (Å²) in [4.78, 5) is 27.2. The minimum Gasteiger partial charge on any atom is -0.478 e. The van der Waals surface area contributed by atoms with E-state index in [9.17, 15) is 9.59 Å². The SMILES string of the molecule is Cc1ccc(C(=O)Nc2ccc(I)cc2C(=O)O)cn1. The summed E-state index contributed by atoms with van der Waals surface area (Å²) in [6, 6.07) is 8.18. The van der Waals surface area contributed by atoms with Gasteiger partial charge in [0.05, 0.1) is 16.8 Å². The van der Waals surface area contributed by atoms with Crippen molar-refractivity contribution in [1.29, 1.82) is 0 Å². The van der Waals surface area contributed by atoms with Gasteiger partial charge in [0.2, 0.25) is 0 Å². The third-order valence-electron chi connectivity index (χ3n) is 2.63. The van der Waals surface area contributed by atoms with Crippen LogP contribution in [0.4, 0.5) is 5.69 Å². The number of carboxylic acids is 1. The number of benzene rings is 1. The van der Waals surface area contributed by atoms with E-state index in [0.29, 0.717) is 5.56 Å². The number of aryl methyl sites for hydroxylation is 1. The van der Waals surface area contributed by atoms with E-state index in [4.69, 9.17) is 5.11 Å². The molecule has 1 heterocycles. The molecule has 1 aromatic heterocycles. The number of hydrogen-bond acceptors (Lipinski definition) is 3. The maximum atomic E-state index is 12.0. The van der Waals surface area contributed by atoms with Gasteiger partial charge in [-0.2, -0.15) is 0 Å². The molecular formula is C14H11IN2O3. The van der Waals surface area contributed by atoms with E-state index in [1.54, 1.807) is 24.3 Å². The van der Waals surface area contributed by atoms with Crippen LogP contribution in [0, 0.1) is 10.5 Å². The molecule has 5 nitrogen and oxygen atoms in total. The summed E-state index contributed by atoms with van der Waals surface area (Å²) in [5, 5.41) is 11.7. The highest BCUT2D eigenvalue weighted by molar-refractivity contribution is 14.1. The normalized spacial score (nSPS) is 10.1. The topological polar surface area (TPSA) is 79.3 Å². The van der Waals surface area contributed by atoms with Crippen molar-refractivity contribution in [2.24, 2.45) is 0 Å². The molecule has 0 aliphatic carbocycles. The number of nitrogens with one attached hydrogen (secondary N) is 1. The highest BCUT2D eigenvalue weighted by Crippen LogP contribution is 2.19. The number of carbonyl (C=O) groups excluding carboxylic acids is 1. The Labute approximate surface area is 129 Å². The number of aromatic carboxylic acids is 1. The second-order valence-electron chi connectivity index (χ2n) is 4.14. The van der Waals surface area contributed by atoms with Crippen molar-refractivity contribution in [2.75, 3.05) is 5.32 Å². The predicted octanol–water partition coefficient (Wildman–Crippen LogP) is 2.95. The largest absolute Gasteiger partial charge is 0.478 e. The van der Waals surface area contributed by atoms with Gasteiger partial charge in [0.1, 0.15) is 0 Å². The number of amides is 1. The Bertz CT molecular complexity index is 669. The molecule has 0 atom stereocenters. The van der Waals surface area contributed by atoms with Gasteiger partial charge in [-0.15, -0.1) is 0 Å². The second kappa shape index (κ2) is 6.00. The molecule has 0 unspecified atom stereocenters. The zero-order valence-electron chi connectivity index (χ0n) is 10.6. The molecule has 2 rings (SSSR count). The number of aromatic nitrogens is 1. The standard InChI is InChI=1S/C14H11IN2O3/c1-8-2-3-9(7-16-8)13(18)17-12-5-4-10(15)6-11(12)14(19)20/h2-7H,1H3,(H,17,18)(H,19,20). The van der Waals surface area contributed by atoms with Gasteiger partial charge in [0.25, 0.3) is 5.91 Å². The maximum Gasteiger partial charge on any atom is 0.337 e. The van der Waals surface area contributed by atoms with Crippen molar-refractivity contribution in [3.05, 3.63) is 56.9 Å². The number of rotatable bonds is 3. The number of hydrogen-bond donors (Lipinski definition) is 2. The van der Waals surface area contributed by atoms with Crippen LogP contribution in [0.3, 0.4) is 0 Å². The predicted molar refractivity (Wildman–Crippen MR) is 83.0 cm³/mol. The average molecular weight is 382 g/mol. The van der Waals surface area contributed by atoms with Gasteiger partial charge in [-0.1, -0.05) is 0 Å². The van der Waals surface area contributed by atoms with E-state index in [1.807, 2.05) is 29.5 Å². The molecule has 102 valence electrons. The highest BCUT2D eigenvalue weighted by atomic mass is 127. The first-order valence-electron chi connectivity index (χ1n) is 5.74. The van der Waals surface area contributed by atoms with Crippen molar-refractivity contribution in [2.45, 2.75) is 6.92 Å². The van der Waals surface area contributed by atoms with Crippen LogP contribution in [0.15, 0.2) is 36.5 Å². The Morgan fingerprint density at radius 3 is 2.60 bits per heavy atom. The van der Waals surface area contributed by atoms with E-state index < -0.39 is 5.97 Å². The minimum atomic E-state index is -1.08. The van der Waals surface area contributed by atoms with E-state index in [1.165, 1.54) is 12.3 Å². The van der Waals surface area contributed by atoms with Crippen molar-refractivity contribution in [1.82, 2.24) is 4.98 Å². The summed E-state index contributed by atoms with van der Waals surface area (Å²) in [5.41, 5.74) is 1.52. The van der Waals surface area contributed by atoms with Crippen molar-refractivity contribution < 1.29 is 14.7 Å². The van der Waals surface area contributed by atoms with Crippen LogP contribution in [0.2, 0.25) is 0 Å². The molecule has 0 fully saturated rings. The van der Waals surface area contributed by atoms with E-state index in [0.717, 1.165) is 9.26 Å². The van der Waals surface area contributed by atoms with Crippen LogP contribution in [0.5, 0.6) is 0 Å². The smallest absolute Gasteiger partial charge is 0.337 e. The lowest BCUT2D eigenvalue weighted by Gasteiger charge is -2.09. The molecule has 0 saturated carbocycles. The zero-order valence-corrected chi connectivity index (χ0v) is 12.7. The lowest BCUT2D eigenvalue weighted by atomic mass is 10.1. The van der Waals surface area contributed by atoms with E-state index in [-0.39, 0.29) is 17.2 Å². The third kappa shape index (κ3) is 3.32. The van der Waals surface area contributed by atoms with Gasteiger partial charge in [-0.05, 0) is 59.8 Å². The molecule has 1 aromatic carbocycles. The molecular weight excluding hydrogens is 371 g/mol. The fourth-order valence-corrected chi connectivity index (χ4v) is 2.09. The number of nitrogens with zero attached hydrogens (tertiary/aromatic N) is 1. The third-order valence-corrected chi connectivity index (χ3v) is 3.30. The highest BCUT2D eigenvalue weighted by Gasteiger charge is 2.14. The average Bonchev–Trinajstić information content (AvgIpc) is 2.41. The minimum absolute atomic E-state index is 0.0605. The summed E-state index contributed by atoms with van der Waals surface area (Å²) in [6.45, 7) is 1.82. The Hall–Kier alpha value is -1.96. The Kier molecular flexibility index (Phi) is 4.33. The molecule has 0 bridgehead atoms. The van der Waals surface area contributed by atoms with Crippen LogP contribution in [-0.2, 0) is 0 Å². The van der Waals surface area contributed by atoms with Gasteiger partial charge in [0.15, 0.2) is 0 Å². The molecule has 6 heteroatoms. The number of pyridine rings is 1. The van der Waals surface area contributed by atoms with Gasteiger partial charge in [-0.3, -0.25) is 9.78 Å². The van der Waals surface area contributed by atoms with Crippen molar-refractivity contribution >= 4 is 40.2 Å². The fraction of sp³-hybridized carbons (Fsp3) is 0.0714. The maximum absolute atomic E-state index is 12.0. The lowest BCUT2D eigenvalue weighted by molar-refractivity contribution is 0.0698. The zero-order chi connectivity index (χ0) is 14.7. The van der Waals surface area contributed by atoms with Crippen molar-refractivity contribution in [3.63, 3.8) is 0 Å². The van der Waals surface area contributed by atoms with Crippen LogP contribution in [-0.4, -0.2) is 22.0 Å². The number of carbonyl (C=O) groups is 2. The van der Waals surface area contributed by atoms with Crippen LogP contribution < -0.4 is 5.32 Å². The van der Waals surface area contributed by atoms with Crippen molar-refractivity contribution in [3.8, 4) is 0 Å². The molecule has 2 N–H and O–H groups in total. The quantitative estimate of drug-likeness (QED) is 0.801. The van der Waals surface area contributed by atoms with Crippen LogP contribution in [0.25, 0.3) is 0 Å². The summed E-state index contributed by atoms with van der Waals surface area (Å²) in [5.74, 6) is -1.47. The van der Waals surface area contributed by atoms with Gasteiger partial charge < -0.3 is 10.4 Å². The summed E-state index contributed by atoms with van der Waals surface area (Å²) in [7, 11) is 0. The molecule has 2 aromatic rings. The monoisotopic (exact) mass is 382 g/mol. The van der Waals surface area contributed by atoms with Crippen LogP contribution in [0.1, 0.15) is 26.4 Å². The van der Waals surface area contributed by atoms with Gasteiger partial charge in [-0.25, -0.2) is 4.79 Å². The number of anilines is 1. The molecule has 0 aliphatic heterocycles. The molecule has 20 heavy (non-hydrogen) atoms. The molecule has 0 spiro atoms. The second-order valence-corrected chi connectivity index (χ2v) is 5.38. The Morgan fingerprint density at radius 2 is 2.00 bits per heavy atom. The summed E-state index contributed by atoms with van der Waals surface area (Å²) >= 11 is 2.02. The first kappa shape index (κ1) is 14.4. The summed E-state index contributed by atoms with van der Waals surface area (Å²) in [6.07, 6.45) is 1.46. The molecule has 1 amide bonds. The fourth-order valence-electron chi connectivity index (χ4n) is 1.60. The number of carboxylic acid groups (broad SMARTS) is 1. The Morgan fingerprint density at radius 1 is 1.25 bits per heavy atom. The molecule has 0 aliphatic rings. The lowest BCUT2D eigenvalue weighted by Crippen LogP contribution is -2.15. The first-order valence-corrected chi connectivity index (χ1v) is 6.82. The molecule has 0 radical (unpaired) electrons. The first-order chi connectivity index (χ1) is 9.47. The van der Waals surface area contributed by atoms with Gasteiger partial charge in [0, 0.05) is 15.5 Å².